The van der Waals surface area contributed by atoms with Gasteiger partial charge in [0.15, 0.2) is 0 Å². The molecule has 1 aromatic rings. The third-order valence-electron chi connectivity index (χ3n) is 2.43. The van der Waals surface area contributed by atoms with E-state index in [2.05, 4.69) is 4.74 Å². The van der Waals surface area contributed by atoms with Crippen LogP contribution >= 0.6 is 0 Å². The summed E-state index contributed by atoms with van der Waals surface area (Å²) in [5, 5.41) is 18.1. The Morgan fingerprint density at radius 2 is 2.25 bits per heavy atom. The zero-order valence-corrected chi connectivity index (χ0v) is 9.28. The lowest BCUT2D eigenvalue weighted by molar-refractivity contribution is 0.0596. The van der Waals surface area contributed by atoms with Crippen molar-refractivity contribution < 1.29 is 14.6 Å². The van der Waals surface area contributed by atoms with E-state index in [1.165, 1.54) is 7.11 Å². The Hall–Kier alpha value is -1.86. The average Bonchev–Trinajstić information content (AvgIpc) is 2.35. The SMILES string of the molecule is CCc1c(C#N)ccc(CO)c1C(=O)OC. The van der Waals surface area contributed by atoms with E-state index in [4.69, 9.17) is 10.4 Å². The van der Waals surface area contributed by atoms with Gasteiger partial charge in [-0.1, -0.05) is 13.0 Å². The summed E-state index contributed by atoms with van der Waals surface area (Å²) in [6.07, 6.45) is 0.543. The van der Waals surface area contributed by atoms with Crippen LogP contribution in [0.4, 0.5) is 0 Å². The third-order valence-corrected chi connectivity index (χ3v) is 2.43. The largest absolute Gasteiger partial charge is 0.465 e. The van der Waals surface area contributed by atoms with Crippen LogP contribution < -0.4 is 0 Å². The number of esters is 1. The molecule has 0 saturated heterocycles. The molecule has 0 aliphatic rings. The van der Waals surface area contributed by atoms with Crippen molar-refractivity contribution in [2.75, 3.05) is 7.11 Å². The van der Waals surface area contributed by atoms with Gasteiger partial charge in [0.2, 0.25) is 0 Å². The molecule has 4 nitrogen and oxygen atoms in total. The number of hydrogen-bond acceptors (Lipinski definition) is 4. The summed E-state index contributed by atoms with van der Waals surface area (Å²) in [6.45, 7) is 1.60. The summed E-state index contributed by atoms with van der Waals surface area (Å²) in [7, 11) is 1.28. The number of aliphatic hydroxyl groups excluding tert-OH is 1. The number of aliphatic hydroxyl groups is 1. The molecule has 0 amide bonds. The van der Waals surface area contributed by atoms with E-state index in [1.807, 2.05) is 13.0 Å². The van der Waals surface area contributed by atoms with Gasteiger partial charge in [0.25, 0.3) is 0 Å². The van der Waals surface area contributed by atoms with Gasteiger partial charge in [-0.2, -0.15) is 5.26 Å². The predicted molar refractivity (Wildman–Crippen MR) is 57.8 cm³/mol. The number of methoxy groups -OCH3 is 1. The molecule has 0 atom stereocenters. The van der Waals surface area contributed by atoms with Gasteiger partial charge in [-0.15, -0.1) is 0 Å². The molecule has 0 radical (unpaired) electrons. The van der Waals surface area contributed by atoms with Crippen LogP contribution in [0.15, 0.2) is 12.1 Å². The fourth-order valence-electron chi connectivity index (χ4n) is 1.66. The van der Waals surface area contributed by atoms with Crippen molar-refractivity contribution in [3.63, 3.8) is 0 Å². The molecule has 0 unspecified atom stereocenters. The monoisotopic (exact) mass is 219 g/mol. The van der Waals surface area contributed by atoms with Gasteiger partial charge in [-0.05, 0) is 23.6 Å². The third kappa shape index (κ3) is 2.05. The number of hydrogen-bond donors (Lipinski definition) is 1. The molecule has 0 saturated carbocycles. The van der Waals surface area contributed by atoms with Gasteiger partial charge < -0.3 is 9.84 Å². The minimum atomic E-state index is -0.516. The maximum Gasteiger partial charge on any atom is 0.338 e. The molecule has 1 N–H and O–H groups in total. The molecular formula is C12H13NO3. The minimum Gasteiger partial charge on any atom is -0.465 e. The molecule has 4 heteroatoms. The highest BCUT2D eigenvalue weighted by atomic mass is 16.5. The zero-order valence-electron chi connectivity index (χ0n) is 9.28. The van der Waals surface area contributed by atoms with E-state index in [-0.39, 0.29) is 6.61 Å². The first-order valence-corrected chi connectivity index (χ1v) is 4.93. The summed E-state index contributed by atoms with van der Waals surface area (Å²) < 4.78 is 4.66. The molecule has 84 valence electrons. The van der Waals surface area contributed by atoms with Crippen LogP contribution in [0.5, 0.6) is 0 Å². The van der Waals surface area contributed by atoms with Gasteiger partial charge in [0.1, 0.15) is 0 Å². The molecule has 0 spiro atoms. The van der Waals surface area contributed by atoms with Crippen molar-refractivity contribution in [3.05, 3.63) is 34.4 Å². The quantitative estimate of drug-likeness (QED) is 0.780. The first-order valence-electron chi connectivity index (χ1n) is 4.93. The molecule has 0 aromatic heterocycles. The molecule has 1 rings (SSSR count). The molecule has 16 heavy (non-hydrogen) atoms. The van der Waals surface area contributed by atoms with Crippen LogP contribution in [0.3, 0.4) is 0 Å². The maximum atomic E-state index is 11.6. The average molecular weight is 219 g/mol. The maximum absolute atomic E-state index is 11.6. The van der Waals surface area contributed by atoms with Crippen molar-refractivity contribution in [3.8, 4) is 6.07 Å². The Labute approximate surface area is 94.1 Å². The fraction of sp³-hybridized carbons (Fsp3) is 0.333. The van der Waals surface area contributed by atoms with Crippen LogP contribution in [0, 0.1) is 11.3 Å². The number of carbonyl (C=O) groups is 1. The smallest absolute Gasteiger partial charge is 0.338 e. The molecule has 0 aliphatic heterocycles. The first-order chi connectivity index (χ1) is 7.69. The van der Waals surface area contributed by atoms with Crippen LogP contribution in [-0.2, 0) is 17.8 Å². The Kier molecular flexibility index (Phi) is 4.03. The van der Waals surface area contributed by atoms with Crippen LogP contribution in [0.2, 0.25) is 0 Å². The molecule has 0 aliphatic carbocycles. The molecule has 1 aromatic carbocycles. The van der Waals surface area contributed by atoms with Crippen molar-refractivity contribution in [2.24, 2.45) is 0 Å². The molecule has 0 fully saturated rings. The number of benzene rings is 1. The second kappa shape index (κ2) is 5.29. The van der Waals surface area contributed by atoms with Crippen molar-refractivity contribution >= 4 is 5.97 Å². The summed E-state index contributed by atoms with van der Waals surface area (Å²) in [5.41, 5.74) is 1.87. The van der Waals surface area contributed by atoms with Gasteiger partial charge in [-0.25, -0.2) is 4.79 Å². The van der Waals surface area contributed by atoms with Crippen molar-refractivity contribution in [2.45, 2.75) is 20.0 Å². The van der Waals surface area contributed by atoms with E-state index >= 15 is 0 Å². The topological polar surface area (TPSA) is 70.3 Å². The van der Waals surface area contributed by atoms with E-state index in [9.17, 15) is 4.79 Å². The van der Waals surface area contributed by atoms with Gasteiger partial charge in [0.05, 0.1) is 30.9 Å². The standard InChI is InChI=1S/C12H13NO3/c1-3-10-8(6-13)4-5-9(7-14)11(10)12(15)16-2/h4-5,14H,3,7H2,1-2H3. The lowest BCUT2D eigenvalue weighted by Gasteiger charge is -2.11. The Morgan fingerprint density at radius 3 is 2.69 bits per heavy atom. The highest BCUT2D eigenvalue weighted by Crippen LogP contribution is 2.21. The summed E-state index contributed by atoms with van der Waals surface area (Å²) in [4.78, 5) is 11.6. The lowest BCUT2D eigenvalue weighted by Crippen LogP contribution is -2.11. The van der Waals surface area contributed by atoms with Gasteiger partial charge in [0, 0.05) is 0 Å². The number of nitrogens with zero attached hydrogens (tertiary/aromatic N) is 1. The van der Waals surface area contributed by atoms with Gasteiger partial charge >= 0.3 is 5.97 Å². The van der Waals surface area contributed by atoms with Crippen LogP contribution in [0.1, 0.15) is 34.0 Å². The highest BCUT2D eigenvalue weighted by molar-refractivity contribution is 5.93. The number of nitriles is 1. The van der Waals surface area contributed by atoms with Crippen LogP contribution in [0.25, 0.3) is 0 Å². The summed E-state index contributed by atoms with van der Waals surface area (Å²) in [5.74, 6) is -0.516. The second-order valence-electron chi connectivity index (χ2n) is 3.24. The van der Waals surface area contributed by atoms with Crippen molar-refractivity contribution in [1.29, 1.82) is 5.26 Å². The minimum absolute atomic E-state index is 0.247. The normalized spacial score (nSPS) is 9.62. The Balaban J connectivity index is 3.50. The number of ether oxygens (including phenoxy) is 1. The van der Waals surface area contributed by atoms with E-state index in [1.54, 1.807) is 12.1 Å². The summed E-state index contributed by atoms with van der Waals surface area (Å²) in [6, 6.07) is 5.21. The van der Waals surface area contributed by atoms with Crippen LogP contribution in [-0.4, -0.2) is 18.2 Å². The Morgan fingerprint density at radius 1 is 1.56 bits per heavy atom. The zero-order chi connectivity index (χ0) is 12.1. The fourth-order valence-corrected chi connectivity index (χ4v) is 1.66. The highest BCUT2D eigenvalue weighted by Gasteiger charge is 2.18. The van der Waals surface area contributed by atoms with E-state index in [0.717, 1.165) is 0 Å². The van der Waals surface area contributed by atoms with E-state index < -0.39 is 5.97 Å². The Bertz CT molecular complexity index is 446. The number of rotatable bonds is 3. The predicted octanol–water partition coefficient (Wildman–Crippen LogP) is 1.40. The molecule has 0 bridgehead atoms. The lowest BCUT2D eigenvalue weighted by atomic mass is 9.95. The van der Waals surface area contributed by atoms with Gasteiger partial charge in [-0.3, -0.25) is 0 Å². The summed E-state index contributed by atoms with van der Waals surface area (Å²) >= 11 is 0. The molecular weight excluding hydrogens is 206 g/mol. The molecule has 0 heterocycles. The second-order valence-corrected chi connectivity index (χ2v) is 3.24. The first kappa shape index (κ1) is 12.2. The number of carbonyl (C=O) groups excluding carboxylic acids is 1. The van der Waals surface area contributed by atoms with Crippen molar-refractivity contribution in [1.82, 2.24) is 0 Å². The van der Waals surface area contributed by atoms with E-state index in [0.29, 0.717) is 28.7 Å².